The van der Waals surface area contributed by atoms with E-state index in [2.05, 4.69) is 4.98 Å². The van der Waals surface area contributed by atoms with Crippen LogP contribution in [0.1, 0.15) is 10.5 Å². The molecule has 5 heteroatoms. The quantitative estimate of drug-likeness (QED) is 0.785. The summed E-state index contributed by atoms with van der Waals surface area (Å²) >= 11 is 0. The number of carbonyl (C=O) groups is 1. The Morgan fingerprint density at radius 3 is 2.55 bits per heavy atom. The number of hydrogen-bond donors (Lipinski definition) is 2. The van der Waals surface area contributed by atoms with Gasteiger partial charge in [0, 0.05) is 26.3 Å². The predicted molar refractivity (Wildman–Crippen MR) is 32.9 cm³/mol. The first-order valence-corrected chi connectivity index (χ1v) is 2.59. The fraction of sp³-hybridized carbons (Fsp3) is 0. The largest absolute Gasteiger partial charge is 0.505 e. The van der Waals surface area contributed by atoms with Gasteiger partial charge in [-0.2, -0.15) is 0 Å². The molecule has 0 unspecified atom stereocenters. The molecule has 0 saturated heterocycles. The van der Waals surface area contributed by atoms with E-state index in [0.717, 1.165) is 0 Å². The van der Waals surface area contributed by atoms with Crippen LogP contribution in [0.5, 0.6) is 5.75 Å². The van der Waals surface area contributed by atoms with Crippen LogP contribution in [0.15, 0.2) is 18.3 Å². The van der Waals surface area contributed by atoms with Gasteiger partial charge in [-0.15, -0.1) is 0 Å². The number of carboxylic acids is 1. The first kappa shape index (κ1) is 10.1. The number of hydrogen-bond acceptors (Lipinski definition) is 3. The molecule has 61 valence electrons. The van der Waals surface area contributed by atoms with E-state index in [1.807, 2.05) is 0 Å². The Labute approximate surface area is 76.2 Å². The Morgan fingerprint density at radius 1 is 1.55 bits per heavy atom. The maximum absolute atomic E-state index is 10.2. The van der Waals surface area contributed by atoms with E-state index in [4.69, 9.17) is 10.2 Å². The molecule has 0 saturated carbocycles. The van der Waals surface area contributed by atoms with Crippen molar-refractivity contribution in [1.29, 1.82) is 0 Å². The molecule has 1 rings (SSSR count). The molecule has 0 aromatic carbocycles. The fourth-order valence-electron chi connectivity index (χ4n) is 0.562. The van der Waals surface area contributed by atoms with Crippen LogP contribution in [-0.4, -0.2) is 21.2 Å². The first-order valence-electron chi connectivity index (χ1n) is 2.59. The van der Waals surface area contributed by atoms with Crippen LogP contribution in [-0.2, 0) is 20.1 Å². The average Bonchev–Trinajstić information content (AvgIpc) is 1.88. The Balaban J connectivity index is 0.000001000. The zero-order chi connectivity index (χ0) is 7.56. The van der Waals surface area contributed by atoms with Crippen LogP contribution in [0, 0.1) is 0 Å². The number of rotatable bonds is 1. The number of pyridine rings is 1. The van der Waals surface area contributed by atoms with Gasteiger partial charge in [0.1, 0.15) is 5.75 Å². The molecule has 1 aromatic heterocycles. The zero-order valence-electron chi connectivity index (χ0n) is 5.32. The summed E-state index contributed by atoms with van der Waals surface area (Å²) in [5.74, 6) is -1.53. The van der Waals surface area contributed by atoms with Crippen molar-refractivity contribution in [3.63, 3.8) is 0 Å². The minimum absolute atomic E-state index is 0. The van der Waals surface area contributed by atoms with E-state index >= 15 is 0 Å². The van der Waals surface area contributed by atoms with Crippen molar-refractivity contribution in [3.05, 3.63) is 24.0 Å². The predicted octanol–water partition coefficient (Wildman–Crippen LogP) is 0.483. The summed E-state index contributed by atoms with van der Waals surface area (Å²) in [5.41, 5.74) is -0.317. The number of carboxylic acid groups (broad SMARTS) is 1. The molecule has 4 nitrogen and oxygen atoms in total. The zero-order valence-corrected chi connectivity index (χ0v) is 7.71. The van der Waals surface area contributed by atoms with Gasteiger partial charge in [-0.05, 0) is 12.1 Å². The SMILES string of the molecule is O=C(O)c1ncccc1O.[Ir]. The molecule has 0 bridgehead atoms. The Bertz CT molecular complexity index is 264. The number of nitrogens with zero attached hydrogens (tertiary/aromatic N) is 1. The van der Waals surface area contributed by atoms with Crippen molar-refractivity contribution in [3.8, 4) is 5.75 Å². The summed E-state index contributed by atoms with van der Waals surface area (Å²) in [5, 5.41) is 17.2. The summed E-state index contributed by atoms with van der Waals surface area (Å²) in [6, 6.07) is 2.73. The van der Waals surface area contributed by atoms with Crippen LogP contribution in [0.25, 0.3) is 0 Å². The fourth-order valence-corrected chi connectivity index (χ4v) is 0.562. The van der Waals surface area contributed by atoms with Crippen LogP contribution >= 0.6 is 0 Å². The summed E-state index contributed by atoms with van der Waals surface area (Å²) in [6.45, 7) is 0. The number of aromatic nitrogens is 1. The Kier molecular flexibility index (Phi) is 3.71. The third-order valence-corrected chi connectivity index (χ3v) is 0.989. The third kappa shape index (κ3) is 2.29. The van der Waals surface area contributed by atoms with Crippen LogP contribution < -0.4 is 0 Å². The van der Waals surface area contributed by atoms with Gasteiger partial charge in [-0.1, -0.05) is 0 Å². The second-order valence-electron chi connectivity index (χ2n) is 1.68. The van der Waals surface area contributed by atoms with Crippen LogP contribution in [0.2, 0.25) is 0 Å². The van der Waals surface area contributed by atoms with Gasteiger partial charge in [-0.3, -0.25) is 0 Å². The number of aromatic carboxylic acids is 1. The van der Waals surface area contributed by atoms with Crippen molar-refractivity contribution in [1.82, 2.24) is 4.98 Å². The molecule has 1 radical (unpaired) electrons. The average molecular weight is 331 g/mol. The molecule has 1 heterocycles. The smallest absolute Gasteiger partial charge is 0.358 e. The molecule has 0 amide bonds. The minimum atomic E-state index is -1.22. The summed E-state index contributed by atoms with van der Waals surface area (Å²) in [7, 11) is 0. The standard InChI is InChI=1S/C6H5NO3.Ir/c8-4-2-1-3-7-5(4)6(9)10;/h1-3,8H,(H,9,10);. The maximum atomic E-state index is 10.2. The molecule has 2 N–H and O–H groups in total. The van der Waals surface area contributed by atoms with Gasteiger partial charge in [0.05, 0.1) is 0 Å². The monoisotopic (exact) mass is 332 g/mol. The molecule has 0 aliphatic heterocycles. The molecule has 0 fully saturated rings. The van der Waals surface area contributed by atoms with Crippen molar-refractivity contribution < 1.29 is 35.1 Å². The third-order valence-electron chi connectivity index (χ3n) is 0.989. The molecule has 1 aromatic rings. The molecule has 0 aliphatic carbocycles. The van der Waals surface area contributed by atoms with Gasteiger partial charge in [0.15, 0.2) is 5.69 Å². The first-order chi connectivity index (χ1) is 4.72. The van der Waals surface area contributed by atoms with Gasteiger partial charge in [-0.25, -0.2) is 9.78 Å². The Hall–Kier alpha value is -0.931. The van der Waals surface area contributed by atoms with Crippen molar-refractivity contribution in [2.45, 2.75) is 0 Å². The second kappa shape index (κ2) is 4.05. The van der Waals surface area contributed by atoms with Gasteiger partial charge < -0.3 is 10.2 Å². The van der Waals surface area contributed by atoms with Crippen molar-refractivity contribution >= 4 is 5.97 Å². The normalized spacial score (nSPS) is 8.36. The van der Waals surface area contributed by atoms with Gasteiger partial charge in [0.2, 0.25) is 0 Å². The molecule has 0 spiro atoms. The van der Waals surface area contributed by atoms with E-state index in [1.165, 1.54) is 18.3 Å². The van der Waals surface area contributed by atoms with E-state index in [1.54, 1.807) is 0 Å². The van der Waals surface area contributed by atoms with E-state index in [-0.39, 0.29) is 31.5 Å². The van der Waals surface area contributed by atoms with Crippen molar-refractivity contribution in [2.75, 3.05) is 0 Å². The van der Waals surface area contributed by atoms with E-state index < -0.39 is 5.97 Å². The van der Waals surface area contributed by atoms with Crippen molar-refractivity contribution in [2.24, 2.45) is 0 Å². The van der Waals surface area contributed by atoms with Gasteiger partial charge in [0.25, 0.3) is 0 Å². The number of aromatic hydroxyl groups is 1. The van der Waals surface area contributed by atoms with E-state index in [9.17, 15) is 4.79 Å². The van der Waals surface area contributed by atoms with Crippen LogP contribution in [0.4, 0.5) is 0 Å². The van der Waals surface area contributed by atoms with E-state index in [0.29, 0.717) is 0 Å². The molecule has 11 heavy (non-hydrogen) atoms. The second-order valence-corrected chi connectivity index (χ2v) is 1.68. The molecule has 0 atom stereocenters. The van der Waals surface area contributed by atoms with Gasteiger partial charge >= 0.3 is 5.97 Å². The summed E-state index contributed by atoms with van der Waals surface area (Å²) < 4.78 is 0. The summed E-state index contributed by atoms with van der Waals surface area (Å²) in [6.07, 6.45) is 1.31. The molecular weight excluding hydrogens is 326 g/mol. The minimum Gasteiger partial charge on any atom is -0.505 e. The maximum Gasteiger partial charge on any atom is 0.358 e. The van der Waals surface area contributed by atoms with Crippen LogP contribution in [0.3, 0.4) is 0 Å². The Morgan fingerprint density at radius 2 is 2.18 bits per heavy atom. The molecule has 0 aliphatic rings. The topological polar surface area (TPSA) is 70.4 Å². The summed E-state index contributed by atoms with van der Waals surface area (Å²) in [4.78, 5) is 13.6. The molecular formula is C6H5IrNO3.